The number of aromatic nitrogens is 1. The Labute approximate surface area is 92.1 Å². The number of hydrogen-bond acceptors (Lipinski definition) is 3. The number of aliphatic carboxylic acids is 1. The van der Waals surface area contributed by atoms with E-state index < -0.39 is 11.9 Å². The van der Waals surface area contributed by atoms with Crippen LogP contribution in [0.3, 0.4) is 0 Å². The summed E-state index contributed by atoms with van der Waals surface area (Å²) in [6, 6.07) is 2.88. The maximum atomic E-state index is 10.8. The fourth-order valence-corrected chi connectivity index (χ4v) is 1.19. The fraction of sp³-hybridized carbons (Fsp3) is 0.182. The van der Waals surface area contributed by atoms with Crippen molar-refractivity contribution in [3.63, 3.8) is 0 Å². The minimum Gasteiger partial charge on any atom is -0.478 e. The zero-order chi connectivity index (χ0) is 12.1. The van der Waals surface area contributed by atoms with Crippen molar-refractivity contribution >= 4 is 18.0 Å². The second kappa shape index (κ2) is 5.06. The first-order valence-electron chi connectivity index (χ1n) is 4.68. The Hall–Kier alpha value is -2.17. The lowest BCUT2D eigenvalue weighted by Gasteiger charge is -2.01. The van der Waals surface area contributed by atoms with E-state index in [-0.39, 0.29) is 16.8 Å². The zero-order valence-electron chi connectivity index (χ0n) is 8.67. The SMILES string of the molecule is CC/C(=C\c1ncccc1C(=O)O)C(=O)O. The summed E-state index contributed by atoms with van der Waals surface area (Å²) in [6.07, 6.45) is 3.02. The molecule has 0 saturated carbocycles. The van der Waals surface area contributed by atoms with Crippen molar-refractivity contribution < 1.29 is 19.8 Å². The number of carboxylic acids is 2. The van der Waals surface area contributed by atoms with Crippen molar-refractivity contribution in [3.05, 3.63) is 35.2 Å². The van der Waals surface area contributed by atoms with E-state index in [1.807, 2.05) is 0 Å². The predicted octanol–water partition coefficient (Wildman–Crippen LogP) is 1.66. The number of aromatic carboxylic acids is 1. The maximum Gasteiger partial charge on any atom is 0.337 e. The van der Waals surface area contributed by atoms with Crippen molar-refractivity contribution in [3.8, 4) is 0 Å². The number of nitrogens with zero attached hydrogens (tertiary/aromatic N) is 1. The Balaban J connectivity index is 3.23. The molecule has 0 spiro atoms. The highest BCUT2D eigenvalue weighted by atomic mass is 16.4. The van der Waals surface area contributed by atoms with E-state index in [0.717, 1.165) is 0 Å². The van der Waals surface area contributed by atoms with Crippen molar-refractivity contribution in [1.29, 1.82) is 0 Å². The number of pyridine rings is 1. The van der Waals surface area contributed by atoms with Crippen LogP contribution in [-0.2, 0) is 4.79 Å². The minimum absolute atomic E-state index is 0.00491. The quantitative estimate of drug-likeness (QED) is 0.755. The highest BCUT2D eigenvalue weighted by Crippen LogP contribution is 2.12. The number of rotatable bonds is 4. The fourth-order valence-electron chi connectivity index (χ4n) is 1.19. The Morgan fingerprint density at radius 1 is 1.44 bits per heavy atom. The normalized spacial score (nSPS) is 11.2. The van der Waals surface area contributed by atoms with Gasteiger partial charge in [0.2, 0.25) is 0 Å². The number of hydrogen-bond donors (Lipinski definition) is 2. The number of carboxylic acid groups (broad SMARTS) is 2. The molecule has 5 nitrogen and oxygen atoms in total. The van der Waals surface area contributed by atoms with Gasteiger partial charge in [0.1, 0.15) is 0 Å². The van der Waals surface area contributed by atoms with E-state index in [1.165, 1.54) is 24.4 Å². The standard InChI is InChI=1S/C11H11NO4/c1-2-7(10(13)14)6-9-8(11(15)16)4-3-5-12-9/h3-6H,2H2,1H3,(H,13,14)(H,15,16)/b7-6+. The van der Waals surface area contributed by atoms with Crippen LogP contribution in [0.25, 0.3) is 6.08 Å². The van der Waals surface area contributed by atoms with Gasteiger partial charge in [-0.05, 0) is 24.6 Å². The van der Waals surface area contributed by atoms with E-state index in [0.29, 0.717) is 6.42 Å². The molecular weight excluding hydrogens is 210 g/mol. The summed E-state index contributed by atoms with van der Waals surface area (Å²) < 4.78 is 0. The molecule has 1 rings (SSSR count). The second-order valence-electron chi connectivity index (χ2n) is 3.07. The monoisotopic (exact) mass is 221 g/mol. The lowest BCUT2D eigenvalue weighted by molar-refractivity contribution is -0.132. The Morgan fingerprint density at radius 3 is 2.62 bits per heavy atom. The van der Waals surface area contributed by atoms with Crippen LogP contribution in [-0.4, -0.2) is 27.1 Å². The van der Waals surface area contributed by atoms with Crippen LogP contribution in [0.2, 0.25) is 0 Å². The van der Waals surface area contributed by atoms with Gasteiger partial charge in [-0.25, -0.2) is 9.59 Å². The average Bonchev–Trinajstić information content (AvgIpc) is 2.25. The van der Waals surface area contributed by atoms with Gasteiger partial charge in [0.15, 0.2) is 0 Å². The Bertz CT molecular complexity index is 451. The van der Waals surface area contributed by atoms with Gasteiger partial charge < -0.3 is 10.2 Å². The second-order valence-corrected chi connectivity index (χ2v) is 3.07. The highest BCUT2D eigenvalue weighted by Gasteiger charge is 2.11. The molecule has 84 valence electrons. The lowest BCUT2D eigenvalue weighted by atomic mass is 10.1. The maximum absolute atomic E-state index is 10.8. The average molecular weight is 221 g/mol. The third-order valence-corrected chi connectivity index (χ3v) is 2.04. The van der Waals surface area contributed by atoms with Crippen molar-refractivity contribution in [1.82, 2.24) is 4.98 Å². The van der Waals surface area contributed by atoms with Crippen LogP contribution in [0.15, 0.2) is 23.9 Å². The van der Waals surface area contributed by atoms with E-state index in [9.17, 15) is 9.59 Å². The van der Waals surface area contributed by atoms with Gasteiger partial charge >= 0.3 is 11.9 Å². The largest absolute Gasteiger partial charge is 0.478 e. The van der Waals surface area contributed by atoms with E-state index in [4.69, 9.17) is 10.2 Å². The predicted molar refractivity (Wildman–Crippen MR) is 57.1 cm³/mol. The molecule has 0 aliphatic rings. The summed E-state index contributed by atoms with van der Waals surface area (Å²) >= 11 is 0. The van der Waals surface area contributed by atoms with E-state index in [2.05, 4.69) is 4.98 Å². The molecule has 1 aromatic heterocycles. The van der Waals surface area contributed by atoms with Crippen LogP contribution in [0.1, 0.15) is 29.4 Å². The molecule has 0 aliphatic heterocycles. The topological polar surface area (TPSA) is 87.5 Å². The minimum atomic E-state index is -1.12. The van der Waals surface area contributed by atoms with Crippen molar-refractivity contribution in [2.75, 3.05) is 0 Å². The van der Waals surface area contributed by atoms with E-state index >= 15 is 0 Å². The highest BCUT2D eigenvalue weighted by molar-refractivity contribution is 5.96. The molecule has 0 aliphatic carbocycles. The third-order valence-electron chi connectivity index (χ3n) is 2.04. The molecule has 0 bridgehead atoms. The van der Waals surface area contributed by atoms with Crippen molar-refractivity contribution in [2.45, 2.75) is 13.3 Å². The molecule has 1 aromatic rings. The lowest BCUT2D eigenvalue weighted by Crippen LogP contribution is -2.04. The molecule has 0 aromatic carbocycles. The molecule has 0 fully saturated rings. The summed E-state index contributed by atoms with van der Waals surface area (Å²) in [6.45, 7) is 1.68. The Morgan fingerprint density at radius 2 is 2.12 bits per heavy atom. The molecule has 0 unspecified atom stereocenters. The summed E-state index contributed by atoms with van der Waals surface area (Å²) in [5.74, 6) is -2.19. The summed E-state index contributed by atoms with van der Waals surface area (Å²) in [7, 11) is 0. The Kier molecular flexibility index (Phi) is 3.77. The van der Waals surface area contributed by atoms with Gasteiger partial charge in [-0.2, -0.15) is 0 Å². The van der Waals surface area contributed by atoms with Crippen LogP contribution in [0.4, 0.5) is 0 Å². The number of carbonyl (C=O) groups is 2. The van der Waals surface area contributed by atoms with Crippen LogP contribution in [0.5, 0.6) is 0 Å². The van der Waals surface area contributed by atoms with Gasteiger partial charge in [0.05, 0.1) is 11.3 Å². The molecular formula is C11H11NO4. The molecule has 0 amide bonds. The molecule has 0 saturated heterocycles. The first-order valence-corrected chi connectivity index (χ1v) is 4.68. The van der Waals surface area contributed by atoms with Crippen LogP contribution in [0, 0.1) is 0 Å². The van der Waals surface area contributed by atoms with Gasteiger partial charge in [0.25, 0.3) is 0 Å². The summed E-state index contributed by atoms with van der Waals surface area (Å²) in [5.41, 5.74) is 0.283. The smallest absolute Gasteiger partial charge is 0.337 e. The zero-order valence-corrected chi connectivity index (χ0v) is 8.67. The summed E-state index contributed by atoms with van der Waals surface area (Å²) in [5, 5.41) is 17.7. The van der Waals surface area contributed by atoms with Crippen molar-refractivity contribution in [2.24, 2.45) is 0 Å². The molecule has 5 heteroatoms. The van der Waals surface area contributed by atoms with E-state index in [1.54, 1.807) is 6.92 Å². The molecule has 0 atom stereocenters. The molecule has 2 N–H and O–H groups in total. The summed E-state index contributed by atoms with van der Waals surface area (Å²) in [4.78, 5) is 25.5. The van der Waals surface area contributed by atoms with Gasteiger partial charge in [-0.1, -0.05) is 6.92 Å². The third kappa shape index (κ3) is 2.66. The molecule has 16 heavy (non-hydrogen) atoms. The first-order chi connectivity index (χ1) is 7.56. The first kappa shape index (κ1) is 11.9. The van der Waals surface area contributed by atoms with Crippen LogP contribution < -0.4 is 0 Å². The molecule has 1 heterocycles. The van der Waals surface area contributed by atoms with Gasteiger partial charge in [-0.3, -0.25) is 4.98 Å². The van der Waals surface area contributed by atoms with Gasteiger partial charge in [0, 0.05) is 11.8 Å². The van der Waals surface area contributed by atoms with Crippen LogP contribution >= 0.6 is 0 Å². The molecule has 0 radical (unpaired) electrons. The van der Waals surface area contributed by atoms with Gasteiger partial charge in [-0.15, -0.1) is 0 Å².